The molecule has 1 saturated heterocycles. The molecule has 5 heteroatoms. The highest BCUT2D eigenvalue weighted by molar-refractivity contribution is 5.94. The molecule has 130 valence electrons. The van der Waals surface area contributed by atoms with Gasteiger partial charge in [0.05, 0.1) is 6.42 Å². The molecular formula is C20H23N3O2. The van der Waals surface area contributed by atoms with E-state index in [1.54, 1.807) is 24.3 Å². The van der Waals surface area contributed by atoms with E-state index in [2.05, 4.69) is 0 Å². The average Bonchev–Trinajstić information content (AvgIpc) is 2.89. The van der Waals surface area contributed by atoms with Gasteiger partial charge < -0.3 is 15.5 Å². The van der Waals surface area contributed by atoms with Crippen molar-refractivity contribution >= 4 is 17.5 Å². The number of rotatable bonds is 3. The van der Waals surface area contributed by atoms with Crippen molar-refractivity contribution in [3.63, 3.8) is 0 Å². The molecule has 2 aromatic rings. The third kappa shape index (κ3) is 4.38. The number of carbonyl (C=O) groups is 2. The monoisotopic (exact) mass is 337 g/mol. The van der Waals surface area contributed by atoms with E-state index in [0.717, 1.165) is 12.0 Å². The van der Waals surface area contributed by atoms with Gasteiger partial charge in [0.15, 0.2) is 0 Å². The summed E-state index contributed by atoms with van der Waals surface area (Å²) in [5.41, 5.74) is 7.98. The average molecular weight is 337 g/mol. The van der Waals surface area contributed by atoms with Crippen LogP contribution in [-0.4, -0.2) is 47.8 Å². The van der Waals surface area contributed by atoms with Gasteiger partial charge in [-0.2, -0.15) is 0 Å². The first-order valence-corrected chi connectivity index (χ1v) is 8.60. The van der Waals surface area contributed by atoms with Crippen LogP contribution in [-0.2, 0) is 11.2 Å². The molecule has 1 aliphatic heterocycles. The Balaban J connectivity index is 1.59. The Bertz CT molecular complexity index is 728. The van der Waals surface area contributed by atoms with Gasteiger partial charge in [0, 0.05) is 37.4 Å². The van der Waals surface area contributed by atoms with Crippen LogP contribution in [0.25, 0.3) is 0 Å². The SMILES string of the molecule is Nc1ccc(C(=O)N2CCCN(C(=O)Cc3ccccc3)CC2)cc1. The first kappa shape index (κ1) is 17.0. The zero-order chi connectivity index (χ0) is 17.6. The van der Waals surface area contributed by atoms with Crippen molar-refractivity contribution in [1.29, 1.82) is 0 Å². The molecule has 2 aromatic carbocycles. The Morgan fingerprint density at radius 1 is 0.840 bits per heavy atom. The summed E-state index contributed by atoms with van der Waals surface area (Å²) < 4.78 is 0. The fourth-order valence-electron chi connectivity index (χ4n) is 3.06. The van der Waals surface area contributed by atoms with Crippen LogP contribution in [0.3, 0.4) is 0 Å². The zero-order valence-electron chi connectivity index (χ0n) is 14.2. The number of anilines is 1. The van der Waals surface area contributed by atoms with Crippen LogP contribution < -0.4 is 5.73 Å². The second-order valence-electron chi connectivity index (χ2n) is 6.31. The van der Waals surface area contributed by atoms with Crippen LogP contribution >= 0.6 is 0 Å². The van der Waals surface area contributed by atoms with Gasteiger partial charge in [-0.1, -0.05) is 30.3 Å². The number of hydrogen-bond donors (Lipinski definition) is 1. The van der Waals surface area contributed by atoms with Gasteiger partial charge in [0.2, 0.25) is 5.91 Å². The van der Waals surface area contributed by atoms with E-state index in [4.69, 9.17) is 5.73 Å². The van der Waals surface area contributed by atoms with Gasteiger partial charge in [-0.15, -0.1) is 0 Å². The molecule has 25 heavy (non-hydrogen) atoms. The zero-order valence-corrected chi connectivity index (χ0v) is 14.2. The van der Waals surface area contributed by atoms with E-state index >= 15 is 0 Å². The molecule has 0 atom stereocenters. The van der Waals surface area contributed by atoms with E-state index < -0.39 is 0 Å². The number of nitrogen functional groups attached to an aromatic ring is 1. The van der Waals surface area contributed by atoms with Crippen molar-refractivity contribution in [2.24, 2.45) is 0 Å². The molecule has 0 saturated carbocycles. The molecule has 1 heterocycles. The Morgan fingerprint density at radius 3 is 2.20 bits per heavy atom. The summed E-state index contributed by atoms with van der Waals surface area (Å²) in [5, 5.41) is 0. The minimum atomic E-state index is -0.00245. The van der Waals surface area contributed by atoms with Crippen LogP contribution in [0.1, 0.15) is 22.3 Å². The molecule has 0 spiro atoms. The summed E-state index contributed by atoms with van der Waals surface area (Å²) >= 11 is 0. The van der Waals surface area contributed by atoms with Crippen LogP contribution in [0, 0.1) is 0 Å². The van der Waals surface area contributed by atoms with Gasteiger partial charge in [0.25, 0.3) is 5.91 Å². The van der Waals surface area contributed by atoms with E-state index in [1.807, 2.05) is 40.1 Å². The quantitative estimate of drug-likeness (QED) is 0.873. The number of carbonyl (C=O) groups excluding carboxylic acids is 2. The predicted molar refractivity (Wildman–Crippen MR) is 98.1 cm³/mol. The minimum Gasteiger partial charge on any atom is -0.399 e. The highest BCUT2D eigenvalue weighted by Gasteiger charge is 2.22. The standard InChI is InChI=1S/C20H23N3O2/c21-18-9-7-17(8-10-18)20(25)23-12-4-11-22(13-14-23)19(24)15-16-5-2-1-3-6-16/h1-3,5-10H,4,11-15,21H2. The smallest absolute Gasteiger partial charge is 0.253 e. The topological polar surface area (TPSA) is 66.6 Å². The van der Waals surface area contributed by atoms with Crippen LogP contribution in [0.2, 0.25) is 0 Å². The predicted octanol–water partition coefficient (Wildman–Crippen LogP) is 2.19. The largest absolute Gasteiger partial charge is 0.399 e. The van der Waals surface area contributed by atoms with Gasteiger partial charge in [-0.3, -0.25) is 9.59 Å². The van der Waals surface area contributed by atoms with E-state index in [1.165, 1.54) is 0 Å². The highest BCUT2D eigenvalue weighted by Crippen LogP contribution is 2.12. The molecule has 5 nitrogen and oxygen atoms in total. The second kappa shape index (κ2) is 7.83. The lowest BCUT2D eigenvalue weighted by Crippen LogP contribution is -2.38. The van der Waals surface area contributed by atoms with E-state index in [9.17, 15) is 9.59 Å². The summed E-state index contributed by atoms with van der Waals surface area (Å²) in [5.74, 6) is 0.116. The maximum atomic E-state index is 12.6. The van der Waals surface area contributed by atoms with Crippen molar-refractivity contribution in [1.82, 2.24) is 9.80 Å². The minimum absolute atomic E-state index is 0.00245. The lowest BCUT2D eigenvalue weighted by Gasteiger charge is -2.22. The highest BCUT2D eigenvalue weighted by atomic mass is 16.2. The molecule has 2 amide bonds. The second-order valence-corrected chi connectivity index (χ2v) is 6.31. The van der Waals surface area contributed by atoms with Crippen molar-refractivity contribution in [3.8, 4) is 0 Å². The number of amides is 2. The van der Waals surface area contributed by atoms with Gasteiger partial charge >= 0.3 is 0 Å². The van der Waals surface area contributed by atoms with E-state index in [0.29, 0.717) is 43.9 Å². The number of hydrogen-bond acceptors (Lipinski definition) is 3. The van der Waals surface area contributed by atoms with Gasteiger partial charge in [0.1, 0.15) is 0 Å². The van der Waals surface area contributed by atoms with Crippen LogP contribution in [0.15, 0.2) is 54.6 Å². The fraction of sp³-hybridized carbons (Fsp3) is 0.300. The Labute approximate surface area is 148 Å². The number of nitrogens with zero attached hydrogens (tertiary/aromatic N) is 2. The molecular weight excluding hydrogens is 314 g/mol. The molecule has 0 bridgehead atoms. The molecule has 0 radical (unpaired) electrons. The fourth-order valence-corrected chi connectivity index (χ4v) is 3.06. The molecule has 3 rings (SSSR count). The normalized spacial score (nSPS) is 14.9. The molecule has 2 N–H and O–H groups in total. The first-order chi connectivity index (χ1) is 12.1. The Kier molecular flexibility index (Phi) is 5.33. The van der Waals surface area contributed by atoms with Crippen LogP contribution in [0.5, 0.6) is 0 Å². The summed E-state index contributed by atoms with van der Waals surface area (Å²) in [6.07, 6.45) is 1.20. The number of nitrogens with two attached hydrogens (primary N) is 1. The molecule has 0 unspecified atom stereocenters. The van der Waals surface area contributed by atoms with Gasteiger partial charge in [-0.25, -0.2) is 0 Å². The van der Waals surface area contributed by atoms with Crippen LogP contribution in [0.4, 0.5) is 5.69 Å². The van der Waals surface area contributed by atoms with E-state index in [-0.39, 0.29) is 11.8 Å². The first-order valence-electron chi connectivity index (χ1n) is 8.60. The lowest BCUT2D eigenvalue weighted by atomic mass is 10.1. The molecule has 0 aliphatic carbocycles. The van der Waals surface area contributed by atoms with Crippen molar-refractivity contribution < 1.29 is 9.59 Å². The Morgan fingerprint density at radius 2 is 1.48 bits per heavy atom. The maximum absolute atomic E-state index is 12.6. The Hall–Kier alpha value is -2.82. The third-order valence-corrected chi connectivity index (χ3v) is 4.49. The molecule has 1 fully saturated rings. The van der Waals surface area contributed by atoms with Crippen molar-refractivity contribution in [3.05, 3.63) is 65.7 Å². The van der Waals surface area contributed by atoms with Crippen molar-refractivity contribution in [2.75, 3.05) is 31.9 Å². The van der Waals surface area contributed by atoms with Gasteiger partial charge in [-0.05, 0) is 36.2 Å². The third-order valence-electron chi connectivity index (χ3n) is 4.49. The summed E-state index contributed by atoms with van der Waals surface area (Å²) in [6, 6.07) is 16.7. The summed E-state index contributed by atoms with van der Waals surface area (Å²) in [6.45, 7) is 2.49. The lowest BCUT2D eigenvalue weighted by molar-refractivity contribution is -0.130. The summed E-state index contributed by atoms with van der Waals surface area (Å²) in [4.78, 5) is 28.8. The summed E-state index contributed by atoms with van der Waals surface area (Å²) in [7, 11) is 0. The molecule has 0 aromatic heterocycles. The maximum Gasteiger partial charge on any atom is 0.253 e. The number of benzene rings is 2. The van der Waals surface area contributed by atoms with Crippen molar-refractivity contribution in [2.45, 2.75) is 12.8 Å². The molecule has 1 aliphatic rings.